The summed E-state index contributed by atoms with van der Waals surface area (Å²) in [6.45, 7) is 0. The number of rotatable bonds is 5. The number of benzene rings is 8. The highest BCUT2D eigenvalue weighted by Crippen LogP contribution is 2.40. The van der Waals surface area contributed by atoms with Crippen LogP contribution in [0.4, 0.5) is 0 Å². The molecular formula is C47H30N4. The third-order valence-corrected chi connectivity index (χ3v) is 9.85. The number of fused-ring (bicyclic) bond motifs is 6. The number of aromatic nitrogens is 4. The van der Waals surface area contributed by atoms with Crippen LogP contribution in [-0.4, -0.2) is 19.5 Å². The lowest BCUT2D eigenvalue weighted by Crippen LogP contribution is -2.01. The van der Waals surface area contributed by atoms with Crippen molar-refractivity contribution >= 4 is 43.4 Å². The van der Waals surface area contributed by atoms with Crippen molar-refractivity contribution in [3.05, 3.63) is 182 Å². The Morgan fingerprint density at radius 3 is 1.55 bits per heavy atom. The summed E-state index contributed by atoms with van der Waals surface area (Å²) >= 11 is 0. The van der Waals surface area contributed by atoms with Gasteiger partial charge in [0, 0.05) is 38.7 Å². The van der Waals surface area contributed by atoms with Crippen molar-refractivity contribution in [3.63, 3.8) is 0 Å². The molecule has 238 valence electrons. The van der Waals surface area contributed by atoms with Gasteiger partial charge in [0.05, 0.1) is 11.0 Å². The molecule has 0 N–H and O–H groups in total. The Balaban J connectivity index is 1.18. The van der Waals surface area contributed by atoms with Crippen LogP contribution in [0.3, 0.4) is 0 Å². The maximum Gasteiger partial charge on any atom is 0.164 e. The number of hydrogen-bond acceptors (Lipinski definition) is 3. The molecule has 0 amide bonds. The van der Waals surface area contributed by atoms with Crippen molar-refractivity contribution < 1.29 is 0 Å². The number of para-hydroxylation sites is 1. The normalized spacial score (nSPS) is 11.5. The Bertz CT molecular complexity index is 2830. The van der Waals surface area contributed by atoms with E-state index in [4.69, 9.17) is 15.0 Å². The maximum absolute atomic E-state index is 5.12. The van der Waals surface area contributed by atoms with Gasteiger partial charge in [-0.3, -0.25) is 0 Å². The second-order valence-electron chi connectivity index (χ2n) is 12.8. The van der Waals surface area contributed by atoms with Gasteiger partial charge in [0.25, 0.3) is 0 Å². The van der Waals surface area contributed by atoms with E-state index in [0.29, 0.717) is 17.5 Å². The zero-order chi connectivity index (χ0) is 33.7. The molecule has 10 rings (SSSR count). The van der Waals surface area contributed by atoms with Gasteiger partial charge in [-0.15, -0.1) is 0 Å². The smallest absolute Gasteiger partial charge is 0.164 e. The zero-order valence-electron chi connectivity index (χ0n) is 27.6. The fourth-order valence-electron chi connectivity index (χ4n) is 7.49. The van der Waals surface area contributed by atoms with E-state index < -0.39 is 0 Å². The summed E-state index contributed by atoms with van der Waals surface area (Å²) in [6, 6.07) is 63.9. The minimum atomic E-state index is 0.641. The Labute approximate surface area is 295 Å². The predicted molar refractivity (Wildman–Crippen MR) is 211 cm³/mol. The largest absolute Gasteiger partial charge is 0.309 e. The summed E-state index contributed by atoms with van der Waals surface area (Å²) in [5.74, 6) is 1.93. The van der Waals surface area contributed by atoms with E-state index in [1.54, 1.807) is 0 Å². The average molecular weight is 651 g/mol. The van der Waals surface area contributed by atoms with Crippen LogP contribution in [0.2, 0.25) is 0 Å². The highest BCUT2D eigenvalue weighted by atomic mass is 15.0. The Kier molecular flexibility index (Phi) is 6.78. The molecule has 51 heavy (non-hydrogen) atoms. The second kappa shape index (κ2) is 11.9. The molecule has 0 aliphatic rings. The summed E-state index contributed by atoms with van der Waals surface area (Å²) in [7, 11) is 0. The van der Waals surface area contributed by atoms with Crippen molar-refractivity contribution in [1.29, 1.82) is 0 Å². The van der Waals surface area contributed by atoms with Crippen LogP contribution in [0, 0.1) is 0 Å². The van der Waals surface area contributed by atoms with E-state index in [0.717, 1.165) is 44.3 Å². The molecule has 2 aromatic heterocycles. The van der Waals surface area contributed by atoms with Crippen molar-refractivity contribution in [1.82, 2.24) is 19.5 Å². The van der Waals surface area contributed by atoms with E-state index in [2.05, 4.69) is 126 Å². The maximum atomic E-state index is 5.12. The molecule has 0 spiro atoms. The third-order valence-electron chi connectivity index (χ3n) is 9.85. The van der Waals surface area contributed by atoms with Crippen LogP contribution in [0.1, 0.15) is 0 Å². The first kappa shape index (κ1) is 29.0. The summed E-state index contributed by atoms with van der Waals surface area (Å²) in [5, 5.41) is 7.36. The van der Waals surface area contributed by atoms with Gasteiger partial charge in [-0.2, -0.15) is 0 Å². The predicted octanol–water partition coefficient (Wildman–Crippen LogP) is 11.9. The van der Waals surface area contributed by atoms with Crippen molar-refractivity contribution in [3.8, 4) is 51.0 Å². The lowest BCUT2D eigenvalue weighted by molar-refractivity contribution is 1.07. The Morgan fingerprint density at radius 2 is 0.863 bits per heavy atom. The van der Waals surface area contributed by atoms with E-state index in [1.165, 1.54) is 32.6 Å². The highest BCUT2D eigenvalue weighted by molar-refractivity contribution is 6.21. The molecule has 0 aliphatic carbocycles. The van der Waals surface area contributed by atoms with Gasteiger partial charge in [0.2, 0.25) is 0 Å². The van der Waals surface area contributed by atoms with Crippen molar-refractivity contribution in [2.24, 2.45) is 0 Å². The second-order valence-corrected chi connectivity index (χ2v) is 12.8. The first-order valence-corrected chi connectivity index (χ1v) is 17.2. The van der Waals surface area contributed by atoms with E-state index in [-0.39, 0.29) is 0 Å². The quantitative estimate of drug-likeness (QED) is 0.186. The van der Waals surface area contributed by atoms with Gasteiger partial charge in [-0.1, -0.05) is 152 Å². The fraction of sp³-hybridized carbons (Fsp3) is 0. The molecule has 4 heteroatoms. The molecule has 0 fully saturated rings. The van der Waals surface area contributed by atoms with Gasteiger partial charge in [-0.25, -0.2) is 15.0 Å². The van der Waals surface area contributed by atoms with Gasteiger partial charge < -0.3 is 4.57 Å². The van der Waals surface area contributed by atoms with Gasteiger partial charge in [-0.05, 0) is 57.4 Å². The lowest BCUT2D eigenvalue weighted by atomic mass is 9.92. The van der Waals surface area contributed by atoms with Crippen LogP contribution < -0.4 is 0 Å². The van der Waals surface area contributed by atoms with E-state index in [9.17, 15) is 0 Å². The van der Waals surface area contributed by atoms with Gasteiger partial charge in [0.15, 0.2) is 17.5 Å². The van der Waals surface area contributed by atoms with Gasteiger partial charge in [0.1, 0.15) is 0 Å². The van der Waals surface area contributed by atoms with E-state index >= 15 is 0 Å². The molecule has 4 nitrogen and oxygen atoms in total. The topological polar surface area (TPSA) is 43.6 Å². The summed E-state index contributed by atoms with van der Waals surface area (Å²) in [4.78, 5) is 15.2. The highest BCUT2D eigenvalue weighted by Gasteiger charge is 2.19. The minimum absolute atomic E-state index is 0.641. The minimum Gasteiger partial charge on any atom is -0.309 e. The lowest BCUT2D eigenvalue weighted by Gasteiger charge is -2.16. The summed E-state index contributed by atoms with van der Waals surface area (Å²) in [5.41, 5.74) is 8.54. The monoisotopic (exact) mass is 650 g/mol. The molecular weight excluding hydrogens is 621 g/mol. The fourth-order valence-corrected chi connectivity index (χ4v) is 7.49. The Morgan fingerprint density at radius 1 is 0.333 bits per heavy atom. The number of nitrogens with zero attached hydrogens (tertiary/aromatic N) is 4. The van der Waals surface area contributed by atoms with Crippen LogP contribution in [0.25, 0.3) is 94.3 Å². The van der Waals surface area contributed by atoms with Crippen molar-refractivity contribution in [2.45, 2.75) is 0 Å². The van der Waals surface area contributed by atoms with Crippen LogP contribution in [-0.2, 0) is 0 Å². The molecule has 0 atom stereocenters. The molecule has 10 aromatic rings. The first-order chi connectivity index (χ1) is 25.3. The molecule has 0 bridgehead atoms. The molecule has 0 unspecified atom stereocenters. The zero-order valence-corrected chi connectivity index (χ0v) is 27.6. The molecule has 8 aromatic carbocycles. The Hall–Kier alpha value is -6.91. The van der Waals surface area contributed by atoms with Gasteiger partial charge >= 0.3 is 0 Å². The molecule has 0 saturated carbocycles. The molecule has 0 radical (unpaired) electrons. The van der Waals surface area contributed by atoms with Crippen molar-refractivity contribution in [2.75, 3.05) is 0 Å². The average Bonchev–Trinajstić information content (AvgIpc) is 3.56. The standard InChI is InChI=1S/C47H30N4/c1-3-15-34(16-4-1)45-48-46(35-17-5-2-6-18-35)50-47(49-45)40-29-25-31-13-7-9-19-37(31)43(40)33-23-27-36(28-24-33)51-41-22-12-11-21-39(41)44-38-20-10-8-14-32(38)26-30-42(44)51/h1-30H. The molecule has 2 heterocycles. The first-order valence-electron chi connectivity index (χ1n) is 17.2. The van der Waals surface area contributed by atoms with Crippen LogP contribution in [0.15, 0.2) is 182 Å². The summed E-state index contributed by atoms with van der Waals surface area (Å²) < 4.78 is 2.38. The molecule has 0 saturated heterocycles. The number of hydrogen-bond donors (Lipinski definition) is 0. The third kappa shape index (κ3) is 4.88. The SMILES string of the molecule is c1ccc(-c2nc(-c3ccccc3)nc(-c3ccc4ccccc4c3-c3ccc(-n4c5ccccc5c5c6ccccc6ccc54)cc3)n2)cc1. The summed E-state index contributed by atoms with van der Waals surface area (Å²) in [6.07, 6.45) is 0. The van der Waals surface area contributed by atoms with E-state index in [1.807, 2.05) is 60.7 Å². The molecule has 0 aliphatic heterocycles. The van der Waals surface area contributed by atoms with Crippen LogP contribution in [0.5, 0.6) is 0 Å². The van der Waals surface area contributed by atoms with Crippen LogP contribution >= 0.6 is 0 Å².